The molecule has 0 aliphatic heterocycles. The Bertz CT molecular complexity index is 399. The quantitative estimate of drug-likeness (QED) is 0.862. The van der Waals surface area contributed by atoms with Crippen LogP contribution in [0.25, 0.3) is 0 Å². The normalized spacial score (nSPS) is 12.6. The molecule has 0 saturated heterocycles. The first-order valence-electron chi connectivity index (χ1n) is 5.41. The Labute approximate surface area is 99.6 Å². The van der Waals surface area contributed by atoms with Crippen LogP contribution in [0, 0.1) is 0 Å². The molecule has 16 heavy (non-hydrogen) atoms. The first-order chi connectivity index (χ1) is 7.90. The first kappa shape index (κ1) is 11.2. The summed E-state index contributed by atoms with van der Waals surface area (Å²) in [6.45, 7) is 3.08. The molecule has 0 radical (unpaired) electrons. The highest BCUT2D eigenvalue weighted by Crippen LogP contribution is 2.19. The summed E-state index contributed by atoms with van der Waals surface area (Å²) in [6, 6.07) is 4.42. The molecule has 0 spiro atoms. The first-order valence-corrected chi connectivity index (χ1v) is 6.28. The number of rotatable bonds is 5. The molecule has 0 saturated carbocycles. The summed E-state index contributed by atoms with van der Waals surface area (Å²) < 4.78 is 0. The van der Waals surface area contributed by atoms with Crippen LogP contribution in [-0.2, 0) is 6.42 Å². The van der Waals surface area contributed by atoms with Gasteiger partial charge in [0.1, 0.15) is 0 Å². The molecular formula is C12H15N3S. The van der Waals surface area contributed by atoms with E-state index in [0.717, 1.165) is 13.0 Å². The fourth-order valence-electron chi connectivity index (χ4n) is 1.68. The summed E-state index contributed by atoms with van der Waals surface area (Å²) in [4.78, 5) is 9.57. The van der Waals surface area contributed by atoms with Crippen LogP contribution in [0.4, 0.5) is 0 Å². The number of pyridine rings is 1. The van der Waals surface area contributed by atoms with Crippen LogP contribution in [0.1, 0.15) is 23.4 Å². The average molecular weight is 233 g/mol. The minimum Gasteiger partial charge on any atom is -0.310 e. The average Bonchev–Trinajstić information content (AvgIpc) is 2.83. The molecule has 2 heterocycles. The van der Waals surface area contributed by atoms with E-state index in [1.165, 1.54) is 10.4 Å². The molecule has 0 aliphatic carbocycles. The number of thiazole rings is 1. The number of aromatic nitrogens is 2. The monoisotopic (exact) mass is 233 g/mol. The molecule has 84 valence electrons. The second-order valence-electron chi connectivity index (χ2n) is 3.57. The van der Waals surface area contributed by atoms with E-state index in [9.17, 15) is 0 Å². The number of likely N-dealkylation sites (N-methyl/N-ethyl adjacent to an activating group) is 1. The van der Waals surface area contributed by atoms with Gasteiger partial charge in [0.25, 0.3) is 0 Å². The topological polar surface area (TPSA) is 37.8 Å². The van der Waals surface area contributed by atoms with Crippen LogP contribution >= 0.6 is 11.3 Å². The van der Waals surface area contributed by atoms with Gasteiger partial charge in [0.2, 0.25) is 0 Å². The van der Waals surface area contributed by atoms with Crippen LogP contribution in [-0.4, -0.2) is 16.5 Å². The van der Waals surface area contributed by atoms with Gasteiger partial charge in [-0.15, -0.1) is 11.3 Å². The Morgan fingerprint density at radius 1 is 1.38 bits per heavy atom. The van der Waals surface area contributed by atoms with Gasteiger partial charge in [0, 0.05) is 35.9 Å². The SMILES string of the molecule is CCNC(Cc1cncs1)c1cccnc1. The smallest absolute Gasteiger partial charge is 0.0794 e. The van der Waals surface area contributed by atoms with Crippen LogP contribution in [0.15, 0.2) is 36.2 Å². The maximum absolute atomic E-state index is 4.16. The maximum atomic E-state index is 4.16. The highest BCUT2D eigenvalue weighted by atomic mass is 32.1. The molecule has 2 aromatic heterocycles. The van der Waals surface area contributed by atoms with Gasteiger partial charge in [0.15, 0.2) is 0 Å². The lowest BCUT2D eigenvalue weighted by Gasteiger charge is -2.16. The predicted molar refractivity (Wildman–Crippen MR) is 66.5 cm³/mol. The van der Waals surface area contributed by atoms with Crippen molar-refractivity contribution in [2.24, 2.45) is 0 Å². The minimum absolute atomic E-state index is 0.333. The van der Waals surface area contributed by atoms with Crippen molar-refractivity contribution in [3.05, 3.63) is 46.7 Å². The Hall–Kier alpha value is -1.26. The summed E-state index contributed by atoms with van der Waals surface area (Å²) >= 11 is 1.70. The highest BCUT2D eigenvalue weighted by molar-refractivity contribution is 7.09. The molecule has 0 aromatic carbocycles. The summed E-state index contributed by atoms with van der Waals surface area (Å²) in [6.07, 6.45) is 6.64. The Kier molecular flexibility index (Phi) is 4.02. The van der Waals surface area contributed by atoms with Gasteiger partial charge in [-0.3, -0.25) is 9.97 Å². The molecule has 3 nitrogen and oxygen atoms in total. The molecule has 2 rings (SSSR count). The summed E-state index contributed by atoms with van der Waals surface area (Å²) in [5, 5.41) is 3.48. The number of hydrogen-bond donors (Lipinski definition) is 1. The van der Waals surface area contributed by atoms with Crippen molar-refractivity contribution < 1.29 is 0 Å². The lowest BCUT2D eigenvalue weighted by Crippen LogP contribution is -2.22. The molecular weight excluding hydrogens is 218 g/mol. The summed E-state index contributed by atoms with van der Waals surface area (Å²) in [5.74, 6) is 0. The summed E-state index contributed by atoms with van der Waals surface area (Å²) in [7, 11) is 0. The largest absolute Gasteiger partial charge is 0.310 e. The molecule has 1 N–H and O–H groups in total. The lowest BCUT2D eigenvalue weighted by molar-refractivity contribution is 0.551. The molecule has 0 amide bonds. The van der Waals surface area contributed by atoms with Crippen molar-refractivity contribution in [3.63, 3.8) is 0 Å². The lowest BCUT2D eigenvalue weighted by atomic mass is 10.1. The van der Waals surface area contributed by atoms with Crippen LogP contribution in [0.3, 0.4) is 0 Å². The van der Waals surface area contributed by atoms with Gasteiger partial charge in [-0.25, -0.2) is 0 Å². The Balaban J connectivity index is 2.11. The summed E-state index contributed by atoms with van der Waals surface area (Å²) in [5.41, 5.74) is 3.11. The maximum Gasteiger partial charge on any atom is 0.0794 e. The molecule has 2 aromatic rings. The van der Waals surface area contributed by atoms with Crippen molar-refractivity contribution in [1.29, 1.82) is 0 Å². The zero-order valence-electron chi connectivity index (χ0n) is 9.26. The fourth-order valence-corrected chi connectivity index (χ4v) is 2.32. The van der Waals surface area contributed by atoms with Crippen molar-refractivity contribution in [2.45, 2.75) is 19.4 Å². The second kappa shape index (κ2) is 5.72. The van der Waals surface area contributed by atoms with Crippen molar-refractivity contribution in [1.82, 2.24) is 15.3 Å². The van der Waals surface area contributed by atoms with Gasteiger partial charge in [-0.1, -0.05) is 13.0 Å². The molecule has 0 aliphatic rings. The number of nitrogens with one attached hydrogen (secondary N) is 1. The Morgan fingerprint density at radius 2 is 2.31 bits per heavy atom. The van der Waals surface area contributed by atoms with Crippen molar-refractivity contribution >= 4 is 11.3 Å². The number of nitrogens with zero attached hydrogens (tertiary/aromatic N) is 2. The van der Waals surface area contributed by atoms with Crippen LogP contribution in [0.5, 0.6) is 0 Å². The standard InChI is InChI=1S/C12H15N3S/c1-2-15-12(6-11-8-14-9-16-11)10-4-3-5-13-7-10/h3-5,7-9,12,15H,2,6H2,1H3. The van der Waals surface area contributed by atoms with Gasteiger partial charge < -0.3 is 5.32 Å². The van der Waals surface area contributed by atoms with Crippen molar-refractivity contribution in [3.8, 4) is 0 Å². The molecule has 0 fully saturated rings. The third-order valence-electron chi connectivity index (χ3n) is 2.43. The molecule has 1 unspecified atom stereocenters. The van der Waals surface area contributed by atoms with Gasteiger partial charge in [0.05, 0.1) is 5.51 Å². The zero-order valence-corrected chi connectivity index (χ0v) is 10.1. The fraction of sp³-hybridized carbons (Fsp3) is 0.333. The van der Waals surface area contributed by atoms with E-state index in [0.29, 0.717) is 6.04 Å². The Morgan fingerprint density at radius 3 is 2.94 bits per heavy atom. The molecule has 1 atom stereocenters. The zero-order chi connectivity index (χ0) is 11.2. The third kappa shape index (κ3) is 2.87. The van der Waals surface area contributed by atoms with E-state index in [2.05, 4.69) is 28.3 Å². The second-order valence-corrected chi connectivity index (χ2v) is 4.54. The van der Waals surface area contributed by atoms with E-state index < -0.39 is 0 Å². The van der Waals surface area contributed by atoms with E-state index in [4.69, 9.17) is 0 Å². The molecule has 4 heteroatoms. The predicted octanol–water partition coefficient (Wildman–Crippen LogP) is 2.43. The van der Waals surface area contributed by atoms with Crippen LogP contribution in [0.2, 0.25) is 0 Å². The van der Waals surface area contributed by atoms with E-state index in [-0.39, 0.29) is 0 Å². The van der Waals surface area contributed by atoms with E-state index >= 15 is 0 Å². The number of hydrogen-bond acceptors (Lipinski definition) is 4. The highest BCUT2D eigenvalue weighted by Gasteiger charge is 2.11. The van der Waals surface area contributed by atoms with E-state index in [1.807, 2.05) is 24.0 Å². The van der Waals surface area contributed by atoms with Crippen molar-refractivity contribution in [2.75, 3.05) is 6.54 Å². The molecule has 0 bridgehead atoms. The van der Waals surface area contributed by atoms with Gasteiger partial charge >= 0.3 is 0 Å². The minimum atomic E-state index is 0.333. The van der Waals surface area contributed by atoms with E-state index in [1.54, 1.807) is 17.5 Å². The van der Waals surface area contributed by atoms with Crippen LogP contribution < -0.4 is 5.32 Å². The third-order valence-corrected chi connectivity index (χ3v) is 3.23. The van der Waals surface area contributed by atoms with Gasteiger partial charge in [-0.05, 0) is 18.2 Å². The van der Waals surface area contributed by atoms with Gasteiger partial charge in [-0.2, -0.15) is 0 Å².